The van der Waals surface area contributed by atoms with Crippen LogP contribution in [0.5, 0.6) is 11.5 Å². The highest BCUT2D eigenvalue weighted by Gasteiger charge is 2.14. The number of hydrogen-bond donors (Lipinski definition) is 1. The van der Waals surface area contributed by atoms with E-state index in [1.54, 1.807) is 0 Å². The van der Waals surface area contributed by atoms with Gasteiger partial charge in [0.25, 0.3) is 0 Å². The Bertz CT molecular complexity index is 655. The Kier molecular flexibility index (Phi) is 4.28. The third kappa shape index (κ3) is 3.39. The smallest absolute Gasteiger partial charge is 0.224 e. The van der Waals surface area contributed by atoms with E-state index in [0.29, 0.717) is 25.4 Å². The largest absolute Gasteiger partial charge is 0.486 e. The number of carbonyl (C=O) groups is 1. The average Bonchev–Trinajstić information content (AvgIpc) is 2.55. The van der Waals surface area contributed by atoms with Crippen molar-refractivity contribution in [1.82, 2.24) is 5.32 Å². The highest BCUT2D eigenvalue weighted by molar-refractivity contribution is 5.79. The van der Waals surface area contributed by atoms with Crippen molar-refractivity contribution >= 4 is 5.91 Å². The highest BCUT2D eigenvalue weighted by atomic mass is 16.6. The van der Waals surface area contributed by atoms with Crippen molar-refractivity contribution in [2.45, 2.75) is 19.4 Å². The molecule has 114 valence electrons. The zero-order valence-corrected chi connectivity index (χ0v) is 12.5. The van der Waals surface area contributed by atoms with E-state index in [0.717, 1.165) is 16.9 Å². The molecule has 3 rings (SSSR count). The molecule has 22 heavy (non-hydrogen) atoms. The van der Waals surface area contributed by atoms with Crippen LogP contribution in [-0.2, 0) is 11.2 Å². The molecule has 0 fully saturated rings. The Labute approximate surface area is 130 Å². The van der Waals surface area contributed by atoms with Crippen LogP contribution in [-0.4, -0.2) is 19.1 Å². The van der Waals surface area contributed by atoms with E-state index in [2.05, 4.69) is 5.32 Å². The van der Waals surface area contributed by atoms with E-state index in [-0.39, 0.29) is 11.9 Å². The molecule has 4 heteroatoms. The van der Waals surface area contributed by atoms with Gasteiger partial charge in [0.1, 0.15) is 13.2 Å². The molecular formula is C18H19NO3. The SMILES string of the molecule is C[C@H](NC(=O)Cc1ccc2c(c1)OCCO2)c1ccccc1. The third-order valence-electron chi connectivity index (χ3n) is 3.65. The Morgan fingerprint density at radius 2 is 1.82 bits per heavy atom. The van der Waals surface area contributed by atoms with Crippen LogP contribution in [0.2, 0.25) is 0 Å². The summed E-state index contributed by atoms with van der Waals surface area (Å²) in [5.41, 5.74) is 2.01. The van der Waals surface area contributed by atoms with Crippen LogP contribution in [0.1, 0.15) is 24.1 Å². The molecule has 0 saturated carbocycles. The monoisotopic (exact) mass is 297 g/mol. The Morgan fingerprint density at radius 1 is 1.09 bits per heavy atom. The number of rotatable bonds is 4. The lowest BCUT2D eigenvalue weighted by atomic mass is 10.1. The van der Waals surface area contributed by atoms with Crippen LogP contribution in [0, 0.1) is 0 Å². The predicted octanol–water partition coefficient (Wildman–Crippen LogP) is 2.88. The second-order valence-corrected chi connectivity index (χ2v) is 5.35. The van der Waals surface area contributed by atoms with E-state index < -0.39 is 0 Å². The molecule has 0 aliphatic carbocycles. The maximum Gasteiger partial charge on any atom is 0.224 e. The van der Waals surface area contributed by atoms with Crippen LogP contribution < -0.4 is 14.8 Å². The maximum atomic E-state index is 12.2. The summed E-state index contributed by atoms with van der Waals surface area (Å²) in [4.78, 5) is 12.2. The molecule has 0 spiro atoms. The minimum absolute atomic E-state index is 0.00645. The van der Waals surface area contributed by atoms with Crippen LogP contribution in [0.3, 0.4) is 0 Å². The van der Waals surface area contributed by atoms with Gasteiger partial charge in [-0.05, 0) is 30.2 Å². The summed E-state index contributed by atoms with van der Waals surface area (Å²) in [5.74, 6) is 1.45. The molecule has 0 aromatic heterocycles. The van der Waals surface area contributed by atoms with E-state index in [4.69, 9.17) is 9.47 Å². The van der Waals surface area contributed by atoms with Gasteiger partial charge in [-0.15, -0.1) is 0 Å². The molecule has 1 heterocycles. The minimum atomic E-state index is -0.00842. The first kappa shape index (κ1) is 14.4. The van der Waals surface area contributed by atoms with E-state index in [9.17, 15) is 4.79 Å². The molecule has 1 aliphatic rings. The topological polar surface area (TPSA) is 47.6 Å². The molecule has 0 saturated heterocycles. The van der Waals surface area contributed by atoms with Gasteiger partial charge in [-0.25, -0.2) is 0 Å². The second-order valence-electron chi connectivity index (χ2n) is 5.35. The first-order valence-electron chi connectivity index (χ1n) is 7.45. The van der Waals surface area contributed by atoms with Gasteiger partial charge in [0.15, 0.2) is 11.5 Å². The molecule has 0 radical (unpaired) electrons. The number of ether oxygens (including phenoxy) is 2. The van der Waals surface area contributed by atoms with Gasteiger partial charge < -0.3 is 14.8 Å². The molecule has 1 amide bonds. The van der Waals surface area contributed by atoms with Crippen molar-refractivity contribution in [3.63, 3.8) is 0 Å². The van der Waals surface area contributed by atoms with Gasteiger partial charge in [0, 0.05) is 0 Å². The summed E-state index contributed by atoms with van der Waals surface area (Å²) < 4.78 is 11.0. The predicted molar refractivity (Wildman–Crippen MR) is 84.1 cm³/mol. The first-order valence-corrected chi connectivity index (χ1v) is 7.45. The maximum absolute atomic E-state index is 12.2. The fraction of sp³-hybridized carbons (Fsp3) is 0.278. The van der Waals surface area contributed by atoms with Gasteiger partial charge in [0.05, 0.1) is 12.5 Å². The van der Waals surface area contributed by atoms with Gasteiger partial charge >= 0.3 is 0 Å². The van der Waals surface area contributed by atoms with Gasteiger partial charge in [-0.2, -0.15) is 0 Å². The van der Waals surface area contributed by atoms with Crippen LogP contribution in [0.15, 0.2) is 48.5 Å². The number of benzene rings is 2. The summed E-state index contributed by atoms with van der Waals surface area (Å²) in [7, 11) is 0. The standard InChI is InChI=1S/C18H19NO3/c1-13(15-5-3-2-4-6-15)19-18(20)12-14-7-8-16-17(11-14)22-10-9-21-16/h2-8,11,13H,9-10,12H2,1H3,(H,19,20)/t13-/m0/s1. The average molecular weight is 297 g/mol. The van der Waals surface area contributed by atoms with Gasteiger partial charge in [-0.3, -0.25) is 4.79 Å². The van der Waals surface area contributed by atoms with Gasteiger partial charge in [-0.1, -0.05) is 36.4 Å². The van der Waals surface area contributed by atoms with Crippen molar-refractivity contribution < 1.29 is 14.3 Å². The molecule has 0 unspecified atom stereocenters. The lowest BCUT2D eigenvalue weighted by Gasteiger charge is -2.19. The van der Waals surface area contributed by atoms with E-state index in [1.807, 2.05) is 55.5 Å². The molecule has 4 nitrogen and oxygen atoms in total. The number of amides is 1. The van der Waals surface area contributed by atoms with Crippen molar-refractivity contribution in [3.05, 3.63) is 59.7 Å². The fourth-order valence-electron chi connectivity index (χ4n) is 2.50. The molecule has 2 aromatic carbocycles. The first-order chi connectivity index (χ1) is 10.7. The van der Waals surface area contributed by atoms with Crippen molar-refractivity contribution in [1.29, 1.82) is 0 Å². The van der Waals surface area contributed by atoms with Crippen molar-refractivity contribution in [3.8, 4) is 11.5 Å². The van der Waals surface area contributed by atoms with Crippen molar-refractivity contribution in [2.75, 3.05) is 13.2 Å². The highest BCUT2D eigenvalue weighted by Crippen LogP contribution is 2.30. The lowest BCUT2D eigenvalue weighted by Crippen LogP contribution is -2.28. The fourth-order valence-corrected chi connectivity index (χ4v) is 2.50. The molecule has 1 N–H and O–H groups in total. The number of hydrogen-bond acceptors (Lipinski definition) is 3. The molecule has 1 aliphatic heterocycles. The molecule has 0 bridgehead atoms. The molecule has 2 aromatic rings. The zero-order valence-electron chi connectivity index (χ0n) is 12.5. The zero-order chi connectivity index (χ0) is 15.4. The van der Waals surface area contributed by atoms with Gasteiger partial charge in [0.2, 0.25) is 5.91 Å². The summed E-state index contributed by atoms with van der Waals surface area (Å²) in [6.07, 6.45) is 0.327. The Morgan fingerprint density at radius 3 is 2.59 bits per heavy atom. The van der Waals surface area contributed by atoms with E-state index in [1.165, 1.54) is 0 Å². The number of carbonyl (C=O) groups excluding carboxylic acids is 1. The number of nitrogens with one attached hydrogen (secondary N) is 1. The molecular weight excluding hydrogens is 278 g/mol. The summed E-state index contributed by atoms with van der Waals surface area (Å²) in [5, 5.41) is 3.01. The quantitative estimate of drug-likeness (QED) is 0.944. The third-order valence-corrected chi connectivity index (χ3v) is 3.65. The Hall–Kier alpha value is -2.49. The summed E-state index contributed by atoms with van der Waals surface area (Å²) >= 11 is 0. The molecule has 1 atom stereocenters. The second kappa shape index (κ2) is 6.52. The number of fused-ring (bicyclic) bond motifs is 1. The van der Waals surface area contributed by atoms with Crippen molar-refractivity contribution in [2.24, 2.45) is 0 Å². The van der Waals surface area contributed by atoms with E-state index >= 15 is 0 Å². The summed E-state index contributed by atoms with van der Waals surface area (Å²) in [6.45, 7) is 3.10. The minimum Gasteiger partial charge on any atom is -0.486 e. The van der Waals surface area contributed by atoms with Crippen LogP contribution in [0.25, 0.3) is 0 Å². The normalized spacial score (nSPS) is 14.2. The van der Waals surface area contributed by atoms with Crippen LogP contribution >= 0.6 is 0 Å². The van der Waals surface area contributed by atoms with Crippen LogP contribution in [0.4, 0.5) is 0 Å². The summed E-state index contributed by atoms with van der Waals surface area (Å²) in [6, 6.07) is 15.6. The lowest BCUT2D eigenvalue weighted by molar-refractivity contribution is -0.121. The Balaban J connectivity index is 1.62.